The van der Waals surface area contributed by atoms with Gasteiger partial charge in [0.2, 0.25) is 0 Å². The van der Waals surface area contributed by atoms with Gasteiger partial charge in [-0.15, -0.1) is 0 Å². The SMILES string of the molecule is CC\C=C/C=C\C=C/C=C\C=C\C=C/C=C\CCCCCC(=O)OCC(COC(=O)CCCCCCCCCCC)OC(=O)CCCCC/C=C\CCCCCCCC. The van der Waals surface area contributed by atoms with Gasteiger partial charge in [0.1, 0.15) is 13.2 Å². The Kier molecular flexibility index (Phi) is 44.1. The number of unbranched alkanes of at least 4 members (excludes halogenated alkanes) is 20. The first kappa shape index (κ1) is 55.3. The summed E-state index contributed by atoms with van der Waals surface area (Å²) in [7, 11) is 0. The molecule has 0 N–H and O–H groups in total. The van der Waals surface area contributed by atoms with Gasteiger partial charge in [-0.25, -0.2) is 0 Å². The summed E-state index contributed by atoms with van der Waals surface area (Å²) >= 11 is 0. The molecule has 0 aromatic carbocycles. The van der Waals surface area contributed by atoms with Crippen LogP contribution in [0.15, 0.2) is 97.2 Å². The lowest BCUT2D eigenvalue weighted by Gasteiger charge is -2.18. The van der Waals surface area contributed by atoms with Crippen molar-refractivity contribution in [2.24, 2.45) is 0 Å². The molecule has 0 amide bonds. The maximum atomic E-state index is 12.7. The number of hydrogen-bond donors (Lipinski definition) is 0. The Bertz CT molecular complexity index is 1220. The Hall–Kier alpha value is -3.67. The summed E-state index contributed by atoms with van der Waals surface area (Å²) in [5, 5.41) is 0. The van der Waals surface area contributed by atoms with Crippen molar-refractivity contribution in [3.05, 3.63) is 97.2 Å². The van der Waals surface area contributed by atoms with Crippen LogP contribution in [-0.4, -0.2) is 37.2 Å². The Labute approximate surface area is 362 Å². The van der Waals surface area contributed by atoms with E-state index >= 15 is 0 Å². The minimum absolute atomic E-state index is 0.0987. The van der Waals surface area contributed by atoms with Crippen LogP contribution in [0, 0.1) is 0 Å². The Morgan fingerprint density at radius 2 is 0.678 bits per heavy atom. The number of esters is 3. The molecule has 0 aromatic heterocycles. The lowest BCUT2D eigenvalue weighted by atomic mass is 10.1. The van der Waals surface area contributed by atoms with E-state index in [9.17, 15) is 14.4 Å². The highest BCUT2D eigenvalue weighted by molar-refractivity contribution is 5.71. The van der Waals surface area contributed by atoms with Gasteiger partial charge in [0.05, 0.1) is 0 Å². The van der Waals surface area contributed by atoms with Crippen molar-refractivity contribution in [1.29, 1.82) is 0 Å². The Morgan fingerprint density at radius 1 is 0.356 bits per heavy atom. The fourth-order valence-electron chi connectivity index (χ4n) is 6.18. The minimum Gasteiger partial charge on any atom is -0.462 e. The van der Waals surface area contributed by atoms with Gasteiger partial charge in [0.25, 0.3) is 0 Å². The molecule has 0 heterocycles. The third-order valence-electron chi connectivity index (χ3n) is 9.77. The van der Waals surface area contributed by atoms with E-state index in [0.29, 0.717) is 19.3 Å². The van der Waals surface area contributed by atoms with Crippen molar-refractivity contribution in [1.82, 2.24) is 0 Å². The van der Waals surface area contributed by atoms with E-state index in [2.05, 4.69) is 45.1 Å². The molecule has 0 aliphatic rings. The molecule has 59 heavy (non-hydrogen) atoms. The lowest BCUT2D eigenvalue weighted by molar-refractivity contribution is -0.167. The number of hydrogen-bond acceptors (Lipinski definition) is 6. The van der Waals surface area contributed by atoms with Crippen molar-refractivity contribution in [2.45, 2.75) is 207 Å². The maximum Gasteiger partial charge on any atom is 0.306 e. The van der Waals surface area contributed by atoms with Crippen molar-refractivity contribution in [3.63, 3.8) is 0 Å². The molecular weight excluding hydrogens is 733 g/mol. The van der Waals surface area contributed by atoms with Crippen LogP contribution >= 0.6 is 0 Å². The number of carbonyl (C=O) groups excluding carboxylic acids is 3. The smallest absolute Gasteiger partial charge is 0.306 e. The van der Waals surface area contributed by atoms with Crippen molar-refractivity contribution in [3.8, 4) is 0 Å². The van der Waals surface area contributed by atoms with Gasteiger partial charge in [-0.05, 0) is 64.2 Å². The molecule has 0 bridgehead atoms. The summed E-state index contributed by atoms with van der Waals surface area (Å²) in [4.78, 5) is 37.8. The highest BCUT2D eigenvalue weighted by atomic mass is 16.6. The fourth-order valence-corrected chi connectivity index (χ4v) is 6.18. The average Bonchev–Trinajstić information content (AvgIpc) is 3.23. The minimum atomic E-state index is -0.801. The van der Waals surface area contributed by atoms with Gasteiger partial charge < -0.3 is 14.2 Å². The predicted octanol–water partition coefficient (Wildman–Crippen LogP) is 15.4. The van der Waals surface area contributed by atoms with Crippen molar-refractivity contribution >= 4 is 17.9 Å². The number of ether oxygens (including phenoxy) is 3. The molecule has 0 rings (SSSR count). The first-order valence-electron chi connectivity index (χ1n) is 23.8. The number of allylic oxidation sites excluding steroid dienone is 16. The molecule has 6 heteroatoms. The van der Waals surface area contributed by atoms with Crippen LogP contribution in [-0.2, 0) is 28.6 Å². The molecule has 0 aromatic rings. The Morgan fingerprint density at radius 3 is 1.10 bits per heavy atom. The van der Waals surface area contributed by atoms with E-state index in [-0.39, 0.29) is 31.1 Å². The molecule has 0 saturated carbocycles. The van der Waals surface area contributed by atoms with Crippen molar-refractivity contribution < 1.29 is 28.6 Å². The van der Waals surface area contributed by atoms with E-state index in [1.54, 1.807) is 0 Å². The number of carbonyl (C=O) groups is 3. The first-order chi connectivity index (χ1) is 29.0. The van der Waals surface area contributed by atoms with E-state index in [0.717, 1.165) is 83.5 Å². The molecule has 0 aliphatic carbocycles. The maximum absolute atomic E-state index is 12.7. The molecule has 334 valence electrons. The highest BCUT2D eigenvalue weighted by Gasteiger charge is 2.19. The zero-order chi connectivity index (χ0) is 43.0. The summed E-state index contributed by atoms with van der Waals surface area (Å²) in [6, 6.07) is 0. The summed E-state index contributed by atoms with van der Waals surface area (Å²) in [6.45, 7) is 6.39. The van der Waals surface area contributed by atoms with E-state index < -0.39 is 6.10 Å². The second kappa shape index (κ2) is 47.0. The van der Waals surface area contributed by atoms with Gasteiger partial charge in [-0.1, -0.05) is 214 Å². The quantitative estimate of drug-likeness (QED) is 0.0201. The Balaban J connectivity index is 4.49. The fraction of sp³-hybridized carbons (Fsp3) is 0.642. The van der Waals surface area contributed by atoms with Gasteiger partial charge in [0.15, 0.2) is 6.10 Å². The standard InChI is InChI=1S/C53H86O6/c1-4-7-10-13-16-19-21-23-24-25-26-27-28-30-31-34-37-40-43-46-52(55)58-49-50(48-57-51(54)45-42-39-36-33-18-15-12-9-6-3)59-53(56)47-44-41-38-35-32-29-22-20-17-14-11-8-5-2/h7,10,13,16,19,21,23-32,50H,4-6,8-9,11-12,14-15,17-18,20,22,33-49H2,1-3H3/b10-7-,16-13-,21-19-,24-23-,26-25+,28-27-,31-30-,32-29-. The summed E-state index contributed by atoms with van der Waals surface area (Å²) in [5.74, 6) is -0.971. The van der Waals surface area contributed by atoms with Crippen LogP contribution in [0.4, 0.5) is 0 Å². The van der Waals surface area contributed by atoms with E-state index in [4.69, 9.17) is 14.2 Å². The second-order valence-corrected chi connectivity index (χ2v) is 15.5. The molecule has 1 unspecified atom stereocenters. The van der Waals surface area contributed by atoms with Gasteiger partial charge in [-0.3, -0.25) is 14.4 Å². The van der Waals surface area contributed by atoms with Crippen LogP contribution < -0.4 is 0 Å². The third-order valence-corrected chi connectivity index (χ3v) is 9.77. The zero-order valence-corrected chi connectivity index (χ0v) is 38.0. The van der Waals surface area contributed by atoms with E-state index in [1.807, 2.05) is 72.9 Å². The van der Waals surface area contributed by atoms with Crippen LogP contribution in [0.2, 0.25) is 0 Å². The normalized spacial score (nSPS) is 12.9. The molecule has 0 spiro atoms. The predicted molar refractivity (Wildman–Crippen MR) is 251 cm³/mol. The molecule has 0 saturated heterocycles. The van der Waals surface area contributed by atoms with Gasteiger partial charge in [0, 0.05) is 19.3 Å². The third kappa shape index (κ3) is 45.3. The number of rotatable bonds is 41. The highest BCUT2D eigenvalue weighted by Crippen LogP contribution is 2.13. The molecule has 0 radical (unpaired) electrons. The molecular formula is C53H86O6. The van der Waals surface area contributed by atoms with Gasteiger partial charge >= 0.3 is 17.9 Å². The average molecular weight is 819 g/mol. The zero-order valence-electron chi connectivity index (χ0n) is 38.0. The van der Waals surface area contributed by atoms with Crippen LogP contribution in [0.3, 0.4) is 0 Å². The second-order valence-electron chi connectivity index (χ2n) is 15.5. The molecule has 1 atom stereocenters. The molecule has 6 nitrogen and oxygen atoms in total. The molecule has 0 aliphatic heterocycles. The molecule has 0 fully saturated rings. The van der Waals surface area contributed by atoms with Crippen LogP contribution in [0.25, 0.3) is 0 Å². The topological polar surface area (TPSA) is 78.9 Å². The largest absolute Gasteiger partial charge is 0.462 e. The summed E-state index contributed by atoms with van der Waals surface area (Å²) in [6.07, 6.45) is 61.0. The first-order valence-corrected chi connectivity index (χ1v) is 23.8. The van der Waals surface area contributed by atoms with Crippen LogP contribution in [0.1, 0.15) is 201 Å². The monoisotopic (exact) mass is 819 g/mol. The van der Waals surface area contributed by atoms with Crippen molar-refractivity contribution in [2.75, 3.05) is 13.2 Å². The van der Waals surface area contributed by atoms with E-state index in [1.165, 1.54) is 77.0 Å². The van der Waals surface area contributed by atoms with Gasteiger partial charge in [-0.2, -0.15) is 0 Å². The lowest BCUT2D eigenvalue weighted by Crippen LogP contribution is -2.30. The summed E-state index contributed by atoms with van der Waals surface area (Å²) < 4.78 is 16.7. The van der Waals surface area contributed by atoms with Crippen LogP contribution in [0.5, 0.6) is 0 Å². The summed E-state index contributed by atoms with van der Waals surface area (Å²) in [5.41, 5.74) is 0.